The third kappa shape index (κ3) is 9.83. The predicted octanol–water partition coefficient (Wildman–Crippen LogP) is 7.49. The zero-order valence-electron chi connectivity index (χ0n) is 14.5. The molecule has 0 saturated heterocycles. The summed E-state index contributed by atoms with van der Waals surface area (Å²) in [6.07, 6.45) is 4.00. The van der Waals surface area contributed by atoms with Gasteiger partial charge in [-0.2, -0.15) is 0 Å². The average molecular weight is 279 g/mol. The van der Waals surface area contributed by atoms with Crippen LogP contribution in [0.4, 0.5) is 0 Å². The minimum absolute atomic E-state index is 0. The summed E-state index contributed by atoms with van der Waals surface area (Å²) in [5, 5.41) is 0. The number of benzene rings is 1. The highest BCUT2D eigenvalue weighted by Gasteiger charge is 2.06. The molecular weight excluding hydrogens is 240 g/mol. The van der Waals surface area contributed by atoms with Crippen molar-refractivity contribution in [1.82, 2.24) is 0 Å². The normalized spacial score (nSPS) is 9.55. The molecule has 0 aliphatic carbocycles. The van der Waals surface area contributed by atoms with Gasteiger partial charge in [-0.3, -0.25) is 0 Å². The lowest BCUT2D eigenvalue weighted by atomic mass is 9.92. The highest BCUT2D eigenvalue weighted by atomic mass is 14.1. The molecule has 0 radical (unpaired) electrons. The van der Waals surface area contributed by atoms with E-state index in [2.05, 4.69) is 52.8 Å². The first-order valence-electron chi connectivity index (χ1n) is 7.61. The third-order valence-electron chi connectivity index (χ3n) is 2.93. The fourth-order valence-electron chi connectivity index (χ4n) is 1.64. The summed E-state index contributed by atoms with van der Waals surface area (Å²) in [6, 6.07) is 6.83. The second kappa shape index (κ2) is 14.4. The van der Waals surface area contributed by atoms with Crippen molar-refractivity contribution in [3.8, 4) is 0 Å². The predicted molar refractivity (Wildman–Crippen MR) is 97.9 cm³/mol. The molecule has 0 unspecified atom stereocenters. The van der Waals surface area contributed by atoms with E-state index in [-0.39, 0.29) is 7.43 Å². The quantitative estimate of drug-likeness (QED) is 0.492. The first-order chi connectivity index (χ1) is 8.93. The molecule has 0 N–H and O–H groups in total. The number of aryl methyl sites for hydroxylation is 1. The number of hydrogen-bond acceptors (Lipinski definition) is 0. The summed E-state index contributed by atoms with van der Waals surface area (Å²) >= 11 is 0. The molecule has 0 spiro atoms. The minimum atomic E-state index is 0. The maximum absolute atomic E-state index is 2.35. The summed E-state index contributed by atoms with van der Waals surface area (Å²) in [6.45, 7) is 19.2. The molecule has 0 heterocycles. The van der Waals surface area contributed by atoms with Crippen LogP contribution in [-0.2, 0) is 0 Å². The van der Waals surface area contributed by atoms with E-state index in [1.807, 2.05) is 39.8 Å². The molecule has 0 bridgehead atoms. The number of rotatable bonds is 2. The van der Waals surface area contributed by atoms with E-state index in [1.54, 1.807) is 0 Å². The summed E-state index contributed by atoms with van der Waals surface area (Å²) in [5.74, 6) is 1.27. The van der Waals surface area contributed by atoms with Crippen LogP contribution in [0, 0.1) is 6.92 Å². The summed E-state index contributed by atoms with van der Waals surface area (Å²) < 4.78 is 0. The van der Waals surface area contributed by atoms with Crippen LogP contribution >= 0.6 is 0 Å². The zero-order chi connectivity index (χ0) is 15.4. The van der Waals surface area contributed by atoms with E-state index >= 15 is 0 Å². The van der Waals surface area contributed by atoms with E-state index in [9.17, 15) is 0 Å². The summed E-state index contributed by atoms with van der Waals surface area (Å²) in [4.78, 5) is 0. The van der Waals surface area contributed by atoms with Crippen molar-refractivity contribution in [2.75, 3.05) is 0 Å². The van der Waals surface area contributed by atoms with Gasteiger partial charge in [-0.15, -0.1) is 0 Å². The van der Waals surface area contributed by atoms with Gasteiger partial charge in [0.2, 0.25) is 0 Å². The molecule has 1 aromatic carbocycles. The molecule has 1 rings (SSSR count). The van der Waals surface area contributed by atoms with Crippen molar-refractivity contribution in [3.63, 3.8) is 0 Å². The van der Waals surface area contributed by atoms with E-state index in [0.717, 1.165) is 0 Å². The van der Waals surface area contributed by atoms with Crippen molar-refractivity contribution < 1.29 is 0 Å². The maximum Gasteiger partial charge on any atom is -0.0216 e. The van der Waals surface area contributed by atoms with Crippen LogP contribution in [-0.4, -0.2) is 0 Å². The Morgan fingerprint density at radius 2 is 1.30 bits per heavy atom. The lowest BCUT2D eigenvalue weighted by Gasteiger charge is -2.13. The highest BCUT2D eigenvalue weighted by molar-refractivity contribution is 5.34. The third-order valence-corrected chi connectivity index (χ3v) is 2.93. The van der Waals surface area contributed by atoms with Gasteiger partial charge in [0, 0.05) is 0 Å². The van der Waals surface area contributed by atoms with Crippen LogP contribution in [0.1, 0.15) is 91.3 Å². The zero-order valence-corrected chi connectivity index (χ0v) is 14.5. The van der Waals surface area contributed by atoms with Gasteiger partial charge in [-0.05, 0) is 49.3 Å². The molecule has 0 amide bonds. The highest BCUT2D eigenvalue weighted by Crippen LogP contribution is 2.23. The van der Waals surface area contributed by atoms with Crippen LogP contribution in [0.25, 0.3) is 0 Å². The van der Waals surface area contributed by atoms with Gasteiger partial charge < -0.3 is 0 Å². The Balaban J connectivity index is -0.000000357. The van der Waals surface area contributed by atoms with Crippen molar-refractivity contribution in [2.45, 2.75) is 81.6 Å². The molecule has 0 saturated carbocycles. The lowest BCUT2D eigenvalue weighted by Crippen LogP contribution is -1.95. The van der Waals surface area contributed by atoms with Gasteiger partial charge in [0.1, 0.15) is 0 Å². The Bertz CT molecular complexity index is 339. The number of allylic oxidation sites excluding steroid dienone is 2. The first kappa shape index (κ1) is 24.0. The Labute approximate surface area is 129 Å². The molecule has 1 aromatic rings. The standard InChI is InChI=1S/C13H20.C4H8.C2H6.CH4/c1-9(2)12-7-6-11(5)13(8-12)10(3)4;1-3-4-2;1-2;/h6-10H,1-5H3;3-4H,1-2H3;1-2H3;1H4/b;4-3-;;. The van der Waals surface area contributed by atoms with Gasteiger partial charge in [-0.1, -0.05) is 79.3 Å². The van der Waals surface area contributed by atoms with Crippen LogP contribution in [0.3, 0.4) is 0 Å². The lowest BCUT2D eigenvalue weighted by molar-refractivity contribution is 0.827. The van der Waals surface area contributed by atoms with E-state index in [4.69, 9.17) is 0 Å². The fraction of sp³-hybridized carbons (Fsp3) is 0.600. The fourth-order valence-corrected chi connectivity index (χ4v) is 1.64. The monoisotopic (exact) mass is 278 g/mol. The molecule has 0 aromatic heterocycles. The Morgan fingerprint density at radius 1 is 0.850 bits per heavy atom. The molecule has 0 heteroatoms. The second-order valence-corrected chi connectivity index (χ2v) is 5.09. The second-order valence-electron chi connectivity index (χ2n) is 5.09. The van der Waals surface area contributed by atoms with Crippen LogP contribution in [0.2, 0.25) is 0 Å². The average Bonchev–Trinajstić information content (AvgIpc) is 2.41. The van der Waals surface area contributed by atoms with Gasteiger partial charge in [0.05, 0.1) is 0 Å². The SMILES string of the molecule is C.C/C=C\C.CC.Cc1ccc(C(C)C)cc1C(C)C. The first-order valence-corrected chi connectivity index (χ1v) is 7.61. The molecule has 0 aliphatic heterocycles. The van der Waals surface area contributed by atoms with Crippen LogP contribution < -0.4 is 0 Å². The van der Waals surface area contributed by atoms with Crippen molar-refractivity contribution in [2.24, 2.45) is 0 Å². The Hall–Kier alpha value is -1.04. The van der Waals surface area contributed by atoms with Crippen molar-refractivity contribution in [3.05, 3.63) is 47.0 Å². The van der Waals surface area contributed by atoms with Gasteiger partial charge in [-0.25, -0.2) is 0 Å². The maximum atomic E-state index is 2.35. The van der Waals surface area contributed by atoms with Crippen LogP contribution in [0.15, 0.2) is 30.4 Å². The van der Waals surface area contributed by atoms with E-state index in [1.165, 1.54) is 16.7 Å². The number of hydrogen-bond donors (Lipinski definition) is 0. The molecule has 118 valence electrons. The van der Waals surface area contributed by atoms with Crippen molar-refractivity contribution >= 4 is 0 Å². The van der Waals surface area contributed by atoms with E-state index < -0.39 is 0 Å². The van der Waals surface area contributed by atoms with Crippen molar-refractivity contribution in [1.29, 1.82) is 0 Å². The smallest absolute Gasteiger partial charge is 0.0216 e. The minimum Gasteiger partial charge on any atom is -0.0919 e. The van der Waals surface area contributed by atoms with Gasteiger partial charge in [0.25, 0.3) is 0 Å². The Kier molecular flexibility index (Phi) is 17.3. The topological polar surface area (TPSA) is 0 Å². The summed E-state index contributed by atoms with van der Waals surface area (Å²) in [5.41, 5.74) is 4.36. The molecular formula is C20H38. The molecule has 0 atom stereocenters. The van der Waals surface area contributed by atoms with E-state index in [0.29, 0.717) is 11.8 Å². The van der Waals surface area contributed by atoms with Gasteiger partial charge >= 0.3 is 0 Å². The Morgan fingerprint density at radius 3 is 1.60 bits per heavy atom. The molecule has 0 aliphatic rings. The molecule has 0 fully saturated rings. The molecule has 0 nitrogen and oxygen atoms in total. The summed E-state index contributed by atoms with van der Waals surface area (Å²) in [7, 11) is 0. The molecule has 20 heavy (non-hydrogen) atoms. The largest absolute Gasteiger partial charge is 0.0919 e. The van der Waals surface area contributed by atoms with Crippen LogP contribution in [0.5, 0.6) is 0 Å². The van der Waals surface area contributed by atoms with Gasteiger partial charge in [0.15, 0.2) is 0 Å².